The van der Waals surface area contributed by atoms with Crippen molar-refractivity contribution in [2.75, 3.05) is 0 Å². The predicted octanol–water partition coefficient (Wildman–Crippen LogP) is 3.56. The molecule has 1 aromatic carbocycles. The number of hydrogen-bond acceptors (Lipinski definition) is 2. The number of carbonyl (C=O) groups is 1. The highest BCUT2D eigenvalue weighted by atomic mass is 35.5. The van der Waals surface area contributed by atoms with Gasteiger partial charge < -0.3 is 10.4 Å². The minimum Gasteiger partial charge on any atom is -0.480 e. The van der Waals surface area contributed by atoms with Gasteiger partial charge in [0, 0.05) is 11.6 Å². The molecule has 0 spiro atoms. The highest BCUT2D eigenvalue weighted by Gasteiger charge is 2.31. The van der Waals surface area contributed by atoms with Crippen molar-refractivity contribution in [3.63, 3.8) is 0 Å². The molecule has 0 heterocycles. The van der Waals surface area contributed by atoms with Crippen LogP contribution in [0, 0.1) is 5.92 Å². The zero-order valence-corrected chi connectivity index (χ0v) is 11.7. The summed E-state index contributed by atoms with van der Waals surface area (Å²) < 4.78 is 37.8. The fourth-order valence-corrected chi connectivity index (χ4v) is 1.90. The number of rotatable bonds is 5. The van der Waals surface area contributed by atoms with Crippen molar-refractivity contribution in [2.24, 2.45) is 5.92 Å². The molecule has 3 nitrogen and oxygen atoms in total. The van der Waals surface area contributed by atoms with Crippen LogP contribution in [0.5, 0.6) is 0 Å². The Balaban J connectivity index is 2.89. The van der Waals surface area contributed by atoms with Crippen LogP contribution in [0.25, 0.3) is 0 Å². The van der Waals surface area contributed by atoms with Crippen LogP contribution in [0.1, 0.15) is 25.0 Å². The van der Waals surface area contributed by atoms with Crippen molar-refractivity contribution in [3.8, 4) is 0 Å². The second-order valence-corrected chi connectivity index (χ2v) is 5.15. The number of benzene rings is 1. The number of hydrogen-bond donors (Lipinski definition) is 2. The Morgan fingerprint density at radius 3 is 2.45 bits per heavy atom. The van der Waals surface area contributed by atoms with Gasteiger partial charge in [0.05, 0.1) is 5.56 Å². The largest absolute Gasteiger partial charge is 0.480 e. The average molecular weight is 310 g/mol. The summed E-state index contributed by atoms with van der Waals surface area (Å²) >= 11 is 5.83. The molecule has 0 aliphatic rings. The molecule has 0 radical (unpaired) electrons. The highest BCUT2D eigenvalue weighted by molar-refractivity contribution is 6.31. The number of carboxylic acid groups (broad SMARTS) is 1. The molecule has 0 fully saturated rings. The minimum absolute atomic E-state index is 0.0437. The summed E-state index contributed by atoms with van der Waals surface area (Å²) in [6.07, 6.45) is -4.45. The van der Waals surface area contributed by atoms with Gasteiger partial charge in [-0.3, -0.25) is 4.79 Å². The number of alkyl halides is 3. The van der Waals surface area contributed by atoms with E-state index in [-0.39, 0.29) is 23.0 Å². The number of carboxylic acids is 1. The predicted molar refractivity (Wildman–Crippen MR) is 69.6 cm³/mol. The van der Waals surface area contributed by atoms with E-state index < -0.39 is 23.8 Å². The number of nitrogens with one attached hydrogen (secondary N) is 1. The third-order valence-corrected chi connectivity index (χ3v) is 3.19. The van der Waals surface area contributed by atoms with Crippen LogP contribution in [0.2, 0.25) is 5.02 Å². The Bertz CT molecular complexity index is 489. The molecule has 7 heteroatoms. The first-order valence-corrected chi connectivity index (χ1v) is 6.32. The molecule has 1 rings (SSSR count). The maximum atomic E-state index is 12.6. The zero-order valence-electron chi connectivity index (χ0n) is 11.0. The first-order valence-electron chi connectivity index (χ1n) is 5.94. The molecule has 0 amide bonds. The summed E-state index contributed by atoms with van der Waals surface area (Å²) in [5.41, 5.74) is -0.594. The van der Waals surface area contributed by atoms with Gasteiger partial charge in [0.25, 0.3) is 0 Å². The van der Waals surface area contributed by atoms with Crippen molar-refractivity contribution in [2.45, 2.75) is 32.6 Å². The Morgan fingerprint density at radius 2 is 2.00 bits per heavy atom. The van der Waals surface area contributed by atoms with E-state index in [9.17, 15) is 18.0 Å². The van der Waals surface area contributed by atoms with Crippen LogP contribution < -0.4 is 5.32 Å². The van der Waals surface area contributed by atoms with Gasteiger partial charge in [0.1, 0.15) is 6.04 Å². The quantitative estimate of drug-likeness (QED) is 0.874. The van der Waals surface area contributed by atoms with Crippen LogP contribution in [0.4, 0.5) is 13.2 Å². The van der Waals surface area contributed by atoms with Crippen LogP contribution in [-0.4, -0.2) is 17.1 Å². The van der Waals surface area contributed by atoms with E-state index in [0.717, 1.165) is 18.2 Å². The van der Waals surface area contributed by atoms with Crippen molar-refractivity contribution < 1.29 is 23.1 Å². The fraction of sp³-hybridized carbons (Fsp3) is 0.462. The normalized spacial score (nSPS) is 13.6. The van der Waals surface area contributed by atoms with Gasteiger partial charge in [-0.15, -0.1) is 0 Å². The van der Waals surface area contributed by atoms with Crippen molar-refractivity contribution in [3.05, 3.63) is 34.3 Å². The minimum atomic E-state index is -4.45. The van der Waals surface area contributed by atoms with Crippen molar-refractivity contribution >= 4 is 17.6 Å². The van der Waals surface area contributed by atoms with Crippen LogP contribution in [0.15, 0.2) is 18.2 Å². The monoisotopic (exact) mass is 309 g/mol. The lowest BCUT2D eigenvalue weighted by atomic mass is 10.0. The van der Waals surface area contributed by atoms with Gasteiger partial charge in [0.2, 0.25) is 0 Å². The summed E-state index contributed by atoms with van der Waals surface area (Å²) in [5, 5.41) is 11.9. The maximum absolute atomic E-state index is 12.6. The van der Waals surface area contributed by atoms with E-state index in [1.54, 1.807) is 13.8 Å². The summed E-state index contributed by atoms with van der Waals surface area (Å²) in [6, 6.07) is 2.13. The molecular formula is C13H15ClF3NO2. The molecule has 112 valence electrons. The van der Waals surface area contributed by atoms with E-state index in [1.807, 2.05) is 0 Å². The lowest BCUT2D eigenvalue weighted by Crippen LogP contribution is -2.40. The van der Waals surface area contributed by atoms with E-state index in [0.29, 0.717) is 0 Å². The second-order valence-electron chi connectivity index (χ2n) is 4.74. The molecule has 20 heavy (non-hydrogen) atoms. The smallest absolute Gasteiger partial charge is 0.416 e. The van der Waals surface area contributed by atoms with Gasteiger partial charge in [-0.05, 0) is 29.7 Å². The molecule has 0 aromatic heterocycles. The first kappa shape index (κ1) is 16.8. The zero-order chi connectivity index (χ0) is 15.5. The Morgan fingerprint density at radius 1 is 1.40 bits per heavy atom. The van der Waals surface area contributed by atoms with Crippen molar-refractivity contribution in [1.82, 2.24) is 5.32 Å². The third kappa shape index (κ3) is 4.38. The Hall–Kier alpha value is -1.27. The standard InChI is InChI=1S/C13H15ClF3NO2/c1-7(2)11(12(19)20)18-6-8-5-9(13(15,16)17)3-4-10(8)14/h3-5,7,11,18H,6H2,1-2H3,(H,19,20)/t11-/m1/s1. The molecule has 2 N–H and O–H groups in total. The fourth-order valence-electron chi connectivity index (χ4n) is 1.71. The molecule has 0 unspecified atom stereocenters. The Labute approximate surface area is 119 Å². The van der Waals surface area contributed by atoms with Crippen LogP contribution in [-0.2, 0) is 17.5 Å². The summed E-state index contributed by atoms with van der Waals surface area (Å²) in [7, 11) is 0. The molecule has 0 bridgehead atoms. The van der Waals surface area contributed by atoms with Gasteiger partial charge in [-0.1, -0.05) is 25.4 Å². The average Bonchev–Trinajstić information content (AvgIpc) is 2.29. The van der Waals surface area contributed by atoms with Gasteiger partial charge in [-0.2, -0.15) is 13.2 Å². The van der Waals surface area contributed by atoms with Gasteiger partial charge >= 0.3 is 12.1 Å². The van der Waals surface area contributed by atoms with E-state index in [1.165, 1.54) is 0 Å². The SMILES string of the molecule is CC(C)[C@@H](NCc1cc(C(F)(F)F)ccc1Cl)C(=O)O. The maximum Gasteiger partial charge on any atom is 0.416 e. The van der Waals surface area contributed by atoms with Crippen LogP contribution in [0.3, 0.4) is 0 Å². The molecule has 1 atom stereocenters. The van der Waals surface area contributed by atoms with Gasteiger partial charge in [0.15, 0.2) is 0 Å². The Kier molecular flexibility index (Phi) is 5.42. The lowest BCUT2D eigenvalue weighted by Gasteiger charge is -2.19. The number of aliphatic carboxylic acids is 1. The molecular weight excluding hydrogens is 295 g/mol. The molecule has 0 aliphatic heterocycles. The molecule has 0 saturated carbocycles. The summed E-state index contributed by atoms with van der Waals surface area (Å²) in [5.74, 6) is -1.25. The van der Waals surface area contributed by atoms with E-state index in [4.69, 9.17) is 16.7 Å². The first-order chi connectivity index (χ1) is 9.12. The lowest BCUT2D eigenvalue weighted by molar-refractivity contribution is -0.141. The topological polar surface area (TPSA) is 49.3 Å². The van der Waals surface area contributed by atoms with E-state index in [2.05, 4.69) is 5.32 Å². The number of halogens is 4. The van der Waals surface area contributed by atoms with Crippen molar-refractivity contribution in [1.29, 1.82) is 0 Å². The molecule has 0 aliphatic carbocycles. The van der Waals surface area contributed by atoms with E-state index >= 15 is 0 Å². The highest BCUT2D eigenvalue weighted by Crippen LogP contribution is 2.31. The molecule has 1 aromatic rings. The second kappa shape index (κ2) is 6.45. The summed E-state index contributed by atoms with van der Waals surface area (Å²) in [6.45, 7) is 3.37. The summed E-state index contributed by atoms with van der Waals surface area (Å²) in [4.78, 5) is 11.0. The third-order valence-electron chi connectivity index (χ3n) is 2.82. The van der Waals surface area contributed by atoms with Gasteiger partial charge in [-0.25, -0.2) is 0 Å². The van der Waals surface area contributed by atoms with Crippen LogP contribution >= 0.6 is 11.6 Å². The molecule has 0 saturated heterocycles.